The van der Waals surface area contributed by atoms with Gasteiger partial charge >= 0.3 is 5.97 Å². The lowest BCUT2D eigenvalue weighted by Gasteiger charge is -2.19. The maximum absolute atomic E-state index is 11.2. The highest BCUT2D eigenvalue weighted by molar-refractivity contribution is 5.73. The smallest absolute Gasteiger partial charge is 0.320 e. The fourth-order valence-electron chi connectivity index (χ4n) is 2.69. The number of carboxylic acids is 1. The molecule has 0 spiro atoms. The zero-order valence-corrected chi connectivity index (χ0v) is 11.1. The van der Waals surface area contributed by atoms with Crippen molar-refractivity contribution in [3.8, 4) is 5.69 Å². The van der Waals surface area contributed by atoms with Crippen LogP contribution in [-0.4, -0.2) is 38.3 Å². The van der Waals surface area contributed by atoms with Gasteiger partial charge in [-0.3, -0.25) is 9.69 Å². The van der Waals surface area contributed by atoms with Crippen LogP contribution in [-0.2, 0) is 11.3 Å². The van der Waals surface area contributed by atoms with E-state index in [1.54, 1.807) is 0 Å². The third kappa shape index (κ3) is 2.58. The predicted octanol–water partition coefficient (Wildman–Crippen LogP) is 1.92. The molecular weight excluding hydrogens is 254 g/mol. The van der Waals surface area contributed by atoms with E-state index >= 15 is 0 Å². The monoisotopic (exact) mass is 271 g/mol. The van der Waals surface area contributed by atoms with Crippen LogP contribution in [0.2, 0.25) is 0 Å². The fourth-order valence-corrected chi connectivity index (χ4v) is 2.69. The van der Waals surface area contributed by atoms with Crippen LogP contribution in [0.1, 0.15) is 18.4 Å². The summed E-state index contributed by atoms with van der Waals surface area (Å²) in [5.41, 5.74) is 2.05. The number of hydrogen-bond donors (Lipinski definition) is 1. The van der Waals surface area contributed by atoms with Gasteiger partial charge in [-0.2, -0.15) is 5.10 Å². The highest BCUT2D eigenvalue weighted by Gasteiger charge is 2.30. The van der Waals surface area contributed by atoms with E-state index in [0.29, 0.717) is 6.54 Å². The van der Waals surface area contributed by atoms with Gasteiger partial charge in [0.2, 0.25) is 0 Å². The second kappa shape index (κ2) is 5.46. The zero-order valence-electron chi connectivity index (χ0n) is 11.1. The Morgan fingerprint density at radius 3 is 2.90 bits per heavy atom. The molecule has 5 heteroatoms. The van der Waals surface area contributed by atoms with Crippen LogP contribution in [0.4, 0.5) is 0 Å². The standard InChI is InChI=1S/C15H17N3O2/c19-15(20)14-7-4-8-17(14)10-12-9-16-18(11-12)13-5-2-1-3-6-13/h1-3,5-6,9,11,14H,4,7-8,10H2,(H,19,20)/t14-/m0/s1. The minimum atomic E-state index is -0.724. The summed E-state index contributed by atoms with van der Waals surface area (Å²) in [6.07, 6.45) is 5.46. The molecule has 0 aliphatic carbocycles. The fraction of sp³-hybridized carbons (Fsp3) is 0.333. The number of rotatable bonds is 4. The van der Waals surface area contributed by atoms with Gasteiger partial charge in [0.25, 0.3) is 0 Å². The van der Waals surface area contributed by atoms with E-state index in [4.69, 9.17) is 0 Å². The molecule has 1 aromatic heterocycles. The van der Waals surface area contributed by atoms with Crippen molar-refractivity contribution >= 4 is 5.97 Å². The Bertz CT molecular complexity index is 594. The summed E-state index contributed by atoms with van der Waals surface area (Å²) in [4.78, 5) is 13.2. The lowest BCUT2D eigenvalue weighted by molar-refractivity contribution is -0.142. The van der Waals surface area contributed by atoms with Crippen molar-refractivity contribution in [3.63, 3.8) is 0 Å². The Kier molecular flexibility index (Phi) is 3.52. The summed E-state index contributed by atoms with van der Waals surface area (Å²) in [5, 5.41) is 13.5. The molecule has 0 amide bonds. The molecular formula is C15H17N3O2. The summed E-state index contributed by atoms with van der Waals surface area (Å²) in [6, 6.07) is 9.54. The Morgan fingerprint density at radius 2 is 2.15 bits per heavy atom. The first-order valence-electron chi connectivity index (χ1n) is 6.80. The van der Waals surface area contributed by atoms with Gasteiger partial charge in [0.1, 0.15) is 6.04 Å². The van der Waals surface area contributed by atoms with E-state index in [0.717, 1.165) is 30.6 Å². The lowest BCUT2D eigenvalue weighted by Crippen LogP contribution is -2.35. The van der Waals surface area contributed by atoms with Crippen molar-refractivity contribution in [1.29, 1.82) is 0 Å². The molecule has 1 N–H and O–H groups in total. The van der Waals surface area contributed by atoms with E-state index in [1.165, 1.54) is 0 Å². The number of carbonyl (C=O) groups is 1. The number of nitrogens with zero attached hydrogens (tertiary/aromatic N) is 3. The van der Waals surface area contributed by atoms with Crippen LogP contribution >= 0.6 is 0 Å². The molecule has 1 aromatic carbocycles. The van der Waals surface area contributed by atoms with Gasteiger partial charge in [-0.05, 0) is 31.5 Å². The van der Waals surface area contributed by atoms with Crippen LogP contribution in [0.25, 0.3) is 5.69 Å². The SMILES string of the molecule is O=C(O)[C@@H]1CCCN1Cc1cnn(-c2ccccc2)c1. The minimum absolute atomic E-state index is 0.352. The van der Waals surface area contributed by atoms with Crippen LogP contribution in [0.5, 0.6) is 0 Å². The third-order valence-corrected chi connectivity index (χ3v) is 3.69. The Hall–Kier alpha value is -2.14. The molecule has 1 atom stereocenters. The van der Waals surface area contributed by atoms with Crippen molar-refractivity contribution in [2.75, 3.05) is 6.54 Å². The number of likely N-dealkylation sites (tertiary alicyclic amines) is 1. The Balaban J connectivity index is 1.73. The molecule has 1 aliphatic heterocycles. The minimum Gasteiger partial charge on any atom is -0.480 e. The number of aromatic nitrogens is 2. The molecule has 1 saturated heterocycles. The summed E-state index contributed by atoms with van der Waals surface area (Å²) in [6.45, 7) is 1.48. The van der Waals surface area contributed by atoms with Crippen molar-refractivity contribution in [2.24, 2.45) is 0 Å². The summed E-state index contributed by atoms with van der Waals surface area (Å²) in [5.74, 6) is -0.724. The van der Waals surface area contributed by atoms with Crippen LogP contribution in [0, 0.1) is 0 Å². The number of aliphatic carboxylic acids is 1. The van der Waals surface area contributed by atoms with Gasteiger partial charge < -0.3 is 5.11 Å². The third-order valence-electron chi connectivity index (χ3n) is 3.69. The molecule has 5 nitrogen and oxygen atoms in total. The molecule has 0 saturated carbocycles. The maximum atomic E-state index is 11.2. The molecule has 0 radical (unpaired) electrons. The van der Waals surface area contributed by atoms with Gasteiger partial charge in [-0.25, -0.2) is 4.68 Å². The first-order chi connectivity index (χ1) is 9.74. The molecule has 0 bridgehead atoms. The van der Waals surface area contributed by atoms with Crippen molar-refractivity contribution in [3.05, 3.63) is 48.3 Å². The molecule has 0 unspecified atom stereocenters. The predicted molar refractivity (Wildman–Crippen MR) is 74.6 cm³/mol. The average molecular weight is 271 g/mol. The van der Waals surface area contributed by atoms with Gasteiger partial charge in [0.15, 0.2) is 0 Å². The first kappa shape index (κ1) is 12.9. The van der Waals surface area contributed by atoms with E-state index in [2.05, 4.69) is 5.10 Å². The lowest BCUT2D eigenvalue weighted by atomic mass is 10.2. The van der Waals surface area contributed by atoms with E-state index in [9.17, 15) is 9.90 Å². The van der Waals surface area contributed by atoms with Crippen LogP contribution in [0.3, 0.4) is 0 Å². The Labute approximate surface area is 117 Å². The van der Waals surface area contributed by atoms with E-state index in [-0.39, 0.29) is 6.04 Å². The number of hydrogen-bond acceptors (Lipinski definition) is 3. The average Bonchev–Trinajstić information content (AvgIpc) is 3.09. The highest BCUT2D eigenvalue weighted by Crippen LogP contribution is 2.20. The molecule has 104 valence electrons. The summed E-state index contributed by atoms with van der Waals surface area (Å²) in [7, 11) is 0. The van der Waals surface area contributed by atoms with E-state index < -0.39 is 5.97 Å². The Morgan fingerprint density at radius 1 is 1.35 bits per heavy atom. The van der Waals surface area contributed by atoms with Crippen molar-refractivity contribution in [1.82, 2.24) is 14.7 Å². The maximum Gasteiger partial charge on any atom is 0.320 e. The van der Waals surface area contributed by atoms with Crippen LogP contribution in [0.15, 0.2) is 42.7 Å². The number of benzene rings is 1. The molecule has 3 rings (SSSR count). The molecule has 20 heavy (non-hydrogen) atoms. The second-order valence-corrected chi connectivity index (χ2v) is 5.10. The number of para-hydroxylation sites is 1. The summed E-state index contributed by atoms with van der Waals surface area (Å²) < 4.78 is 1.82. The molecule has 2 aromatic rings. The second-order valence-electron chi connectivity index (χ2n) is 5.10. The topological polar surface area (TPSA) is 58.4 Å². The molecule has 1 fully saturated rings. The zero-order chi connectivity index (χ0) is 13.9. The van der Waals surface area contributed by atoms with Crippen molar-refractivity contribution < 1.29 is 9.90 Å². The van der Waals surface area contributed by atoms with Gasteiger partial charge in [0.05, 0.1) is 11.9 Å². The summed E-state index contributed by atoms with van der Waals surface area (Å²) >= 11 is 0. The number of carboxylic acid groups (broad SMARTS) is 1. The van der Waals surface area contributed by atoms with Crippen LogP contribution < -0.4 is 0 Å². The van der Waals surface area contributed by atoms with E-state index in [1.807, 2.05) is 52.3 Å². The van der Waals surface area contributed by atoms with Gasteiger partial charge in [0, 0.05) is 18.3 Å². The first-order valence-corrected chi connectivity index (χ1v) is 6.80. The molecule has 2 heterocycles. The highest BCUT2D eigenvalue weighted by atomic mass is 16.4. The van der Waals surface area contributed by atoms with Gasteiger partial charge in [-0.1, -0.05) is 18.2 Å². The van der Waals surface area contributed by atoms with Crippen molar-refractivity contribution in [2.45, 2.75) is 25.4 Å². The van der Waals surface area contributed by atoms with Gasteiger partial charge in [-0.15, -0.1) is 0 Å². The largest absolute Gasteiger partial charge is 0.480 e. The normalized spacial score (nSPS) is 19.3. The molecule has 1 aliphatic rings. The quantitative estimate of drug-likeness (QED) is 0.923.